The summed E-state index contributed by atoms with van der Waals surface area (Å²) in [5.74, 6) is 1.57. The number of nitrogens with zero attached hydrogens (tertiary/aromatic N) is 9. The summed E-state index contributed by atoms with van der Waals surface area (Å²) in [5.41, 5.74) is 11.5. The second kappa shape index (κ2) is 13.6. The lowest BCUT2D eigenvalue weighted by atomic mass is 9.90. The van der Waals surface area contributed by atoms with Gasteiger partial charge in [0.1, 0.15) is 0 Å². The Kier molecular flexibility index (Phi) is 7.64. The molecule has 0 spiro atoms. The predicted molar refractivity (Wildman–Crippen MR) is 239 cm³/mol. The highest BCUT2D eigenvalue weighted by Gasteiger charge is 2.21. The minimum atomic E-state index is 0.506. The number of rotatable bonds is 5. The molecule has 5 aromatic carbocycles. The van der Waals surface area contributed by atoms with E-state index in [0.717, 1.165) is 104 Å². The van der Waals surface area contributed by atoms with Gasteiger partial charge >= 0.3 is 0 Å². The van der Waals surface area contributed by atoms with Crippen LogP contribution in [0.25, 0.3) is 122 Å². The van der Waals surface area contributed by atoms with Crippen LogP contribution < -0.4 is 0 Å². The van der Waals surface area contributed by atoms with Crippen LogP contribution in [-0.4, -0.2) is 44.9 Å². The zero-order chi connectivity index (χ0) is 39.6. The molecule has 0 aliphatic heterocycles. The number of pyridine rings is 6. The second-order valence-corrected chi connectivity index (χ2v) is 14.7. The van der Waals surface area contributed by atoms with E-state index in [0.29, 0.717) is 17.5 Å². The maximum atomic E-state index is 5.33. The number of fused-ring (bicyclic) bond motifs is 6. The van der Waals surface area contributed by atoms with Gasteiger partial charge in [-0.05, 0) is 90.0 Å². The van der Waals surface area contributed by atoms with E-state index in [-0.39, 0.29) is 0 Å². The Bertz CT molecular complexity index is 3350. The SMILES string of the molecule is c1cnc2c(-c3cc(-c4nc(-c5cccc6ncccc56)nc(-c5cccc6ncccc56)n4)cc(-c4c5cccnc5cc5cccnc45)c3)c3cccnc3cc2c1. The van der Waals surface area contributed by atoms with Crippen molar-refractivity contribution in [3.05, 3.63) is 177 Å². The molecule has 9 heteroatoms. The molecule has 0 atom stereocenters. The molecule has 60 heavy (non-hydrogen) atoms. The van der Waals surface area contributed by atoms with Crippen LogP contribution in [0.5, 0.6) is 0 Å². The Balaban J connectivity index is 1.21. The zero-order valence-corrected chi connectivity index (χ0v) is 31.8. The first-order valence-corrected chi connectivity index (χ1v) is 19.6. The van der Waals surface area contributed by atoms with Gasteiger partial charge in [-0.1, -0.05) is 60.7 Å². The molecule has 278 valence electrons. The van der Waals surface area contributed by atoms with Crippen LogP contribution in [0, 0.1) is 0 Å². The maximum Gasteiger partial charge on any atom is 0.164 e. The van der Waals surface area contributed by atoms with Gasteiger partial charge < -0.3 is 0 Å². The average Bonchev–Trinajstić information content (AvgIpc) is 3.31. The molecule has 0 N–H and O–H groups in total. The lowest BCUT2D eigenvalue weighted by molar-refractivity contribution is 1.08. The van der Waals surface area contributed by atoms with E-state index in [4.69, 9.17) is 34.9 Å². The molecule has 12 aromatic rings. The Morgan fingerprint density at radius 2 is 0.683 bits per heavy atom. The minimum Gasteiger partial charge on any atom is -0.256 e. The molecule has 12 rings (SSSR count). The Morgan fingerprint density at radius 1 is 0.283 bits per heavy atom. The van der Waals surface area contributed by atoms with Crippen molar-refractivity contribution < 1.29 is 0 Å². The fraction of sp³-hybridized carbons (Fsp3) is 0. The summed E-state index contributed by atoms with van der Waals surface area (Å²) in [5, 5.41) is 5.84. The summed E-state index contributed by atoms with van der Waals surface area (Å²) in [7, 11) is 0. The summed E-state index contributed by atoms with van der Waals surface area (Å²) >= 11 is 0. The molecular weight excluding hydrogens is 739 g/mol. The molecule has 9 nitrogen and oxygen atoms in total. The van der Waals surface area contributed by atoms with Gasteiger partial charge in [0.25, 0.3) is 0 Å². The summed E-state index contributed by atoms with van der Waals surface area (Å²) in [4.78, 5) is 44.8. The van der Waals surface area contributed by atoms with Gasteiger partial charge in [-0.2, -0.15) is 0 Å². The van der Waals surface area contributed by atoms with Gasteiger partial charge in [0.05, 0.1) is 33.1 Å². The maximum absolute atomic E-state index is 5.33. The fourth-order valence-corrected chi connectivity index (χ4v) is 8.50. The van der Waals surface area contributed by atoms with Crippen LogP contribution in [-0.2, 0) is 0 Å². The highest BCUT2D eigenvalue weighted by molar-refractivity contribution is 6.13. The van der Waals surface area contributed by atoms with Crippen LogP contribution >= 0.6 is 0 Å². The van der Waals surface area contributed by atoms with E-state index in [9.17, 15) is 0 Å². The molecular formula is C51H29N9. The van der Waals surface area contributed by atoms with Gasteiger partial charge in [-0.3, -0.25) is 29.9 Å². The number of aromatic nitrogens is 9. The summed E-state index contributed by atoms with van der Waals surface area (Å²) in [6.45, 7) is 0. The van der Waals surface area contributed by atoms with Crippen molar-refractivity contribution in [2.75, 3.05) is 0 Å². The predicted octanol–water partition coefficient (Wildman–Crippen LogP) is 11.5. The Morgan fingerprint density at radius 3 is 1.18 bits per heavy atom. The third kappa shape index (κ3) is 5.52. The normalized spacial score (nSPS) is 11.7. The molecule has 0 fully saturated rings. The molecule has 0 radical (unpaired) electrons. The van der Waals surface area contributed by atoms with Gasteiger partial charge in [-0.15, -0.1) is 0 Å². The topological polar surface area (TPSA) is 116 Å². The van der Waals surface area contributed by atoms with Crippen LogP contribution in [0.1, 0.15) is 0 Å². The van der Waals surface area contributed by atoms with Crippen LogP contribution in [0.2, 0.25) is 0 Å². The molecule has 0 amide bonds. The molecule has 0 aliphatic rings. The first kappa shape index (κ1) is 33.7. The quantitative estimate of drug-likeness (QED) is 0.158. The van der Waals surface area contributed by atoms with Crippen LogP contribution in [0.3, 0.4) is 0 Å². The lowest BCUT2D eigenvalue weighted by Gasteiger charge is -2.17. The van der Waals surface area contributed by atoms with E-state index in [1.807, 2.05) is 97.6 Å². The average molecular weight is 768 g/mol. The summed E-state index contributed by atoms with van der Waals surface area (Å²) < 4.78 is 0. The first-order chi connectivity index (χ1) is 29.7. The molecule has 7 aromatic heterocycles. The smallest absolute Gasteiger partial charge is 0.164 e. The van der Waals surface area contributed by atoms with E-state index < -0.39 is 0 Å². The summed E-state index contributed by atoms with van der Waals surface area (Å²) in [6.07, 6.45) is 10.9. The van der Waals surface area contributed by atoms with Crippen molar-refractivity contribution >= 4 is 65.4 Å². The van der Waals surface area contributed by atoms with Crippen molar-refractivity contribution in [3.8, 4) is 56.4 Å². The van der Waals surface area contributed by atoms with Crippen LogP contribution in [0.15, 0.2) is 177 Å². The highest BCUT2D eigenvalue weighted by atomic mass is 15.0. The molecule has 0 aliphatic carbocycles. The molecule has 0 bridgehead atoms. The van der Waals surface area contributed by atoms with E-state index in [2.05, 4.69) is 76.7 Å². The van der Waals surface area contributed by atoms with Crippen molar-refractivity contribution in [1.29, 1.82) is 0 Å². The fourth-order valence-electron chi connectivity index (χ4n) is 8.50. The van der Waals surface area contributed by atoms with Gasteiger partial charge in [0.2, 0.25) is 0 Å². The third-order valence-corrected chi connectivity index (χ3v) is 11.1. The van der Waals surface area contributed by atoms with Crippen molar-refractivity contribution in [3.63, 3.8) is 0 Å². The van der Waals surface area contributed by atoms with Gasteiger partial charge in [0, 0.05) is 97.3 Å². The van der Waals surface area contributed by atoms with E-state index >= 15 is 0 Å². The van der Waals surface area contributed by atoms with Gasteiger partial charge in [-0.25, -0.2) is 15.0 Å². The molecule has 7 heterocycles. The Labute approximate surface area is 342 Å². The Hall–Kier alpha value is -8.43. The third-order valence-electron chi connectivity index (χ3n) is 11.1. The monoisotopic (exact) mass is 767 g/mol. The number of benzene rings is 5. The summed E-state index contributed by atoms with van der Waals surface area (Å²) in [6, 6.07) is 47.1. The first-order valence-electron chi connectivity index (χ1n) is 19.6. The zero-order valence-electron chi connectivity index (χ0n) is 31.8. The highest BCUT2D eigenvalue weighted by Crippen LogP contribution is 2.42. The largest absolute Gasteiger partial charge is 0.256 e. The van der Waals surface area contributed by atoms with Crippen LogP contribution in [0.4, 0.5) is 0 Å². The van der Waals surface area contributed by atoms with Gasteiger partial charge in [0.15, 0.2) is 17.5 Å². The molecule has 0 saturated heterocycles. The number of hydrogen-bond acceptors (Lipinski definition) is 9. The number of hydrogen-bond donors (Lipinski definition) is 0. The van der Waals surface area contributed by atoms with Crippen molar-refractivity contribution in [2.45, 2.75) is 0 Å². The minimum absolute atomic E-state index is 0.506. The molecule has 0 unspecified atom stereocenters. The second-order valence-electron chi connectivity index (χ2n) is 14.7. The van der Waals surface area contributed by atoms with Crippen molar-refractivity contribution in [2.24, 2.45) is 0 Å². The van der Waals surface area contributed by atoms with E-state index in [1.54, 1.807) is 12.4 Å². The van der Waals surface area contributed by atoms with E-state index in [1.165, 1.54) is 0 Å². The van der Waals surface area contributed by atoms with Crippen molar-refractivity contribution in [1.82, 2.24) is 44.9 Å². The standard InChI is InChI=1S/C51H29N9/c1-11-37(35-13-5-19-52-41(35)17-1)50-58-49(59-51(60-50)38-12-2-18-42-36(38)14-6-20-53-42)34-26-32(45-39-15-7-21-54-43(39)28-30-9-3-23-56-47(30)45)25-33(27-34)46-40-16-8-22-55-44(40)29-31-10-4-24-57-48(31)46/h1-29H. The molecule has 0 saturated carbocycles. The lowest BCUT2D eigenvalue weighted by Crippen LogP contribution is -2.02.